The molecule has 0 saturated carbocycles. The van der Waals surface area contributed by atoms with E-state index in [1.165, 1.54) is 16.9 Å². The van der Waals surface area contributed by atoms with Crippen LogP contribution in [0.3, 0.4) is 0 Å². The van der Waals surface area contributed by atoms with Crippen LogP contribution in [0.1, 0.15) is 110 Å². The van der Waals surface area contributed by atoms with Gasteiger partial charge in [0, 0.05) is 57.7 Å². The fourth-order valence-corrected chi connectivity index (χ4v) is 10.3. The first-order chi connectivity index (χ1) is 31.4. The maximum atomic E-state index is 14.7. The van der Waals surface area contributed by atoms with Crippen LogP contribution in [-0.4, -0.2) is 127 Å². The summed E-state index contributed by atoms with van der Waals surface area (Å²) in [5, 5.41) is 12.6. The molecule has 0 aliphatic carbocycles. The molecule has 3 N–H and O–H groups in total. The Morgan fingerprint density at radius 1 is 0.864 bits per heavy atom. The van der Waals surface area contributed by atoms with E-state index >= 15 is 0 Å². The van der Waals surface area contributed by atoms with Crippen molar-refractivity contribution in [1.29, 1.82) is 0 Å². The lowest BCUT2D eigenvalue weighted by atomic mass is 9.89. The van der Waals surface area contributed by atoms with Crippen molar-refractivity contribution in [3.63, 3.8) is 0 Å². The van der Waals surface area contributed by atoms with Gasteiger partial charge in [0.1, 0.15) is 11.0 Å². The summed E-state index contributed by atoms with van der Waals surface area (Å²) in [6.45, 7) is 19.4. The van der Waals surface area contributed by atoms with E-state index in [0.29, 0.717) is 32.0 Å². The standard InChI is InChI=1S/C52H81N7O6S/c1-14-36(8)47(58(11)52(63)45(33(2)3)56-50(62)46(34(4)5)57(10)29-26-38-22-24-40(25-23-38)54-35(6)7)43(64-12)32-44(60)59-28-18-21-42(59)48(65-13)37(9)49(61)55-41(51-53-27-30-66-51)31-39-19-16-15-17-20-39/h15-17,19-20,22-25,27,30,33-37,41-43,45-48,54H,14,18,21,26,28-29,31-32H2,1-13H3,(H,55,61)(H,56,62)/t36-,37+,41-,42-,43+,45-,46-,47-,48+/m0/s1. The lowest BCUT2D eigenvalue weighted by molar-refractivity contribution is -0.148. The number of methoxy groups -OCH3 is 2. The second-order valence-electron chi connectivity index (χ2n) is 19.4. The molecule has 1 aromatic heterocycles. The lowest BCUT2D eigenvalue weighted by Gasteiger charge is -2.41. The summed E-state index contributed by atoms with van der Waals surface area (Å²) in [5.41, 5.74) is 3.36. The molecule has 1 saturated heterocycles. The van der Waals surface area contributed by atoms with Gasteiger partial charge >= 0.3 is 0 Å². The third-order valence-electron chi connectivity index (χ3n) is 13.4. The zero-order valence-electron chi connectivity index (χ0n) is 42.1. The zero-order valence-corrected chi connectivity index (χ0v) is 42.9. The minimum atomic E-state index is -0.793. The number of benzene rings is 2. The lowest BCUT2D eigenvalue weighted by Crippen LogP contribution is -2.60. The van der Waals surface area contributed by atoms with Gasteiger partial charge in [-0.2, -0.15) is 0 Å². The van der Waals surface area contributed by atoms with E-state index < -0.39 is 36.3 Å². The Labute approximate surface area is 400 Å². The van der Waals surface area contributed by atoms with Crippen LogP contribution in [0.25, 0.3) is 0 Å². The van der Waals surface area contributed by atoms with Gasteiger partial charge in [-0.15, -0.1) is 11.3 Å². The van der Waals surface area contributed by atoms with E-state index in [1.54, 1.807) is 32.4 Å². The molecule has 1 aliphatic rings. The van der Waals surface area contributed by atoms with Gasteiger partial charge < -0.3 is 35.2 Å². The summed E-state index contributed by atoms with van der Waals surface area (Å²) in [5.74, 6) is -1.49. The Bertz CT molecular complexity index is 1930. The van der Waals surface area contributed by atoms with E-state index in [-0.39, 0.29) is 59.9 Å². The Morgan fingerprint density at radius 2 is 1.55 bits per heavy atom. The van der Waals surface area contributed by atoms with Crippen LogP contribution in [0.5, 0.6) is 0 Å². The quantitative estimate of drug-likeness (QED) is 0.0741. The Balaban J connectivity index is 1.45. The average Bonchev–Trinajstić information content (AvgIpc) is 4.01. The van der Waals surface area contributed by atoms with Crippen LogP contribution in [0.4, 0.5) is 5.69 Å². The molecule has 3 aromatic rings. The maximum absolute atomic E-state index is 14.7. The van der Waals surface area contributed by atoms with Crippen molar-refractivity contribution in [2.75, 3.05) is 46.7 Å². The van der Waals surface area contributed by atoms with Gasteiger partial charge in [-0.1, -0.05) is 97.4 Å². The molecule has 0 spiro atoms. The SMILES string of the molecule is CC[C@H](C)[C@@H]([C@@H](CC(=O)N1CCC[C@H]1[C@H](OC)[C@@H](C)C(=O)N[C@@H](Cc1ccccc1)c1nccs1)OC)N(C)C(=O)[C@@H](NC(=O)[C@H](C(C)C)N(C)CCc1ccc(NC(C)C)cc1)C(C)C. The number of hydrogen-bond acceptors (Lipinski definition) is 10. The van der Waals surface area contributed by atoms with Gasteiger partial charge in [0.05, 0.1) is 48.7 Å². The molecule has 2 aromatic carbocycles. The number of likely N-dealkylation sites (N-methyl/N-ethyl adjacent to an activating group) is 2. The van der Waals surface area contributed by atoms with Crippen molar-refractivity contribution >= 4 is 40.7 Å². The van der Waals surface area contributed by atoms with Crippen molar-refractivity contribution in [2.45, 2.75) is 149 Å². The molecule has 366 valence electrons. The molecule has 0 radical (unpaired) electrons. The van der Waals surface area contributed by atoms with Gasteiger partial charge in [0.25, 0.3) is 0 Å². The molecular formula is C52H81N7O6S. The largest absolute Gasteiger partial charge is 0.383 e. The molecule has 1 fully saturated rings. The number of likely N-dealkylation sites (tertiary alicyclic amines) is 1. The van der Waals surface area contributed by atoms with Crippen molar-refractivity contribution in [3.05, 3.63) is 82.3 Å². The number of nitrogens with zero attached hydrogens (tertiary/aromatic N) is 4. The van der Waals surface area contributed by atoms with Crippen molar-refractivity contribution < 1.29 is 28.7 Å². The molecular weight excluding hydrogens is 851 g/mol. The summed E-state index contributed by atoms with van der Waals surface area (Å²) in [4.78, 5) is 67.5. The third-order valence-corrected chi connectivity index (χ3v) is 14.3. The number of anilines is 1. The summed E-state index contributed by atoms with van der Waals surface area (Å²) in [6.07, 6.45) is 4.18. The van der Waals surface area contributed by atoms with Gasteiger partial charge in [0.15, 0.2) is 0 Å². The normalized spacial score (nSPS) is 17.8. The number of hydrogen-bond donors (Lipinski definition) is 3. The fourth-order valence-electron chi connectivity index (χ4n) is 9.59. The predicted octanol–water partition coefficient (Wildman–Crippen LogP) is 7.62. The molecule has 66 heavy (non-hydrogen) atoms. The highest BCUT2D eigenvalue weighted by Crippen LogP contribution is 2.31. The summed E-state index contributed by atoms with van der Waals surface area (Å²) in [7, 11) is 6.93. The third kappa shape index (κ3) is 14.8. The number of nitrogens with one attached hydrogen (secondary N) is 3. The fraction of sp³-hybridized carbons (Fsp3) is 0.635. The van der Waals surface area contributed by atoms with Crippen LogP contribution in [0, 0.1) is 23.7 Å². The first-order valence-corrected chi connectivity index (χ1v) is 25.0. The summed E-state index contributed by atoms with van der Waals surface area (Å²) in [6, 6.07) is 16.5. The van der Waals surface area contributed by atoms with E-state index in [2.05, 4.69) is 77.8 Å². The van der Waals surface area contributed by atoms with Crippen LogP contribution in [0.15, 0.2) is 66.2 Å². The highest BCUT2D eigenvalue weighted by atomic mass is 32.1. The number of carbonyl (C=O) groups excluding carboxylic acids is 4. The molecule has 2 heterocycles. The number of carbonyl (C=O) groups is 4. The van der Waals surface area contributed by atoms with E-state index in [4.69, 9.17) is 9.47 Å². The van der Waals surface area contributed by atoms with Gasteiger partial charge in [-0.3, -0.25) is 24.1 Å². The highest BCUT2D eigenvalue weighted by Gasteiger charge is 2.43. The highest BCUT2D eigenvalue weighted by molar-refractivity contribution is 7.09. The van der Waals surface area contributed by atoms with Gasteiger partial charge in [0.2, 0.25) is 23.6 Å². The number of aromatic nitrogens is 1. The molecule has 14 heteroatoms. The van der Waals surface area contributed by atoms with Crippen LogP contribution < -0.4 is 16.0 Å². The monoisotopic (exact) mass is 932 g/mol. The van der Waals surface area contributed by atoms with Crippen LogP contribution in [0.2, 0.25) is 0 Å². The molecule has 4 rings (SSSR count). The van der Waals surface area contributed by atoms with Crippen molar-refractivity contribution in [3.8, 4) is 0 Å². The number of rotatable bonds is 26. The van der Waals surface area contributed by atoms with Crippen LogP contribution in [-0.2, 0) is 41.5 Å². The number of thiazole rings is 1. The predicted molar refractivity (Wildman–Crippen MR) is 266 cm³/mol. The molecule has 1 aliphatic heterocycles. The molecule has 13 nitrogen and oxygen atoms in total. The minimum absolute atomic E-state index is 0.00502. The van der Waals surface area contributed by atoms with E-state index in [1.807, 2.05) is 82.3 Å². The number of amides is 4. The van der Waals surface area contributed by atoms with E-state index in [9.17, 15) is 19.2 Å². The second kappa shape index (κ2) is 26.2. The van der Waals surface area contributed by atoms with Gasteiger partial charge in [-0.05, 0) is 87.6 Å². The minimum Gasteiger partial charge on any atom is -0.383 e. The van der Waals surface area contributed by atoms with Gasteiger partial charge in [-0.25, -0.2) is 4.98 Å². The zero-order chi connectivity index (χ0) is 48.7. The Morgan fingerprint density at radius 3 is 2.11 bits per heavy atom. The number of ether oxygens (including phenoxy) is 2. The summed E-state index contributed by atoms with van der Waals surface area (Å²) >= 11 is 1.51. The molecule has 0 unspecified atom stereocenters. The van der Waals surface area contributed by atoms with E-state index in [0.717, 1.165) is 35.5 Å². The van der Waals surface area contributed by atoms with Crippen LogP contribution >= 0.6 is 11.3 Å². The van der Waals surface area contributed by atoms with Crippen molar-refractivity contribution in [2.24, 2.45) is 23.7 Å². The van der Waals surface area contributed by atoms with Crippen molar-refractivity contribution in [1.82, 2.24) is 30.3 Å². The first kappa shape index (κ1) is 54.2. The first-order valence-electron chi connectivity index (χ1n) is 24.1. The topological polar surface area (TPSA) is 145 Å². The Hall–Kier alpha value is -4.37. The summed E-state index contributed by atoms with van der Waals surface area (Å²) < 4.78 is 12.2. The Kier molecular flexibility index (Phi) is 21.6. The smallest absolute Gasteiger partial charge is 0.245 e. The average molecular weight is 932 g/mol. The second-order valence-corrected chi connectivity index (χ2v) is 20.3. The maximum Gasteiger partial charge on any atom is 0.245 e. The molecule has 9 atom stereocenters. The molecule has 0 bridgehead atoms. The molecule has 4 amide bonds.